The van der Waals surface area contributed by atoms with Gasteiger partial charge in [0.25, 0.3) is 0 Å². The molecule has 0 radical (unpaired) electrons. The topological polar surface area (TPSA) is 25.8 Å². The number of hydrogen-bond donors (Lipinski definition) is 0. The summed E-state index contributed by atoms with van der Waals surface area (Å²) in [4.78, 5) is 10.4. The molecular formula is C53H34N2. The maximum absolute atomic E-state index is 5.20. The van der Waals surface area contributed by atoms with E-state index < -0.39 is 0 Å². The molecule has 1 spiro atoms. The van der Waals surface area contributed by atoms with Crippen LogP contribution < -0.4 is 0 Å². The van der Waals surface area contributed by atoms with Crippen molar-refractivity contribution < 1.29 is 0 Å². The molecule has 256 valence electrons. The Hall–Kier alpha value is -7.16. The Balaban J connectivity index is 1.06. The minimum atomic E-state index is -0.346. The molecular weight excluding hydrogens is 665 g/mol. The van der Waals surface area contributed by atoms with Gasteiger partial charge in [0.2, 0.25) is 0 Å². The van der Waals surface area contributed by atoms with Crippen molar-refractivity contribution in [1.29, 1.82) is 0 Å². The summed E-state index contributed by atoms with van der Waals surface area (Å²) in [7, 11) is 0. The standard InChI is InChI=1S/C53H34N2/c1-3-16-35(17-4-1)40-22-7-8-26-44(40)51-34-50(54-52(55-51)36-18-5-2-6-19-36)39-21-15-20-37(32-39)38-30-31-49-45(33-38)43-25-11-14-29-48(43)53(49)46-27-12-9-23-41(46)42-24-10-13-28-47(42)53/h1-34H. The predicted molar refractivity (Wildman–Crippen MR) is 226 cm³/mol. The highest BCUT2D eigenvalue weighted by Crippen LogP contribution is 2.63. The minimum Gasteiger partial charge on any atom is -0.228 e. The molecule has 2 aliphatic carbocycles. The molecule has 2 heteroatoms. The molecule has 55 heavy (non-hydrogen) atoms. The second kappa shape index (κ2) is 12.5. The van der Waals surface area contributed by atoms with Gasteiger partial charge in [0, 0.05) is 16.7 Å². The van der Waals surface area contributed by atoms with Crippen LogP contribution in [0, 0.1) is 0 Å². The van der Waals surface area contributed by atoms with Gasteiger partial charge in [0.15, 0.2) is 5.82 Å². The molecule has 0 fully saturated rings. The largest absolute Gasteiger partial charge is 0.228 e. The lowest BCUT2D eigenvalue weighted by molar-refractivity contribution is 0.794. The lowest BCUT2D eigenvalue weighted by Gasteiger charge is -2.30. The first-order chi connectivity index (χ1) is 27.3. The van der Waals surface area contributed by atoms with Crippen molar-refractivity contribution in [2.24, 2.45) is 0 Å². The maximum Gasteiger partial charge on any atom is 0.160 e. The normalized spacial score (nSPS) is 12.9. The first-order valence-electron chi connectivity index (χ1n) is 18.9. The molecule has 0 bridgehead atoms. The van der Waals surface area contributed by atoms with Crippen LogP contribution in [-0.4, -0.2) is 9.97 Å². The number of nitrogens with zero attached hydrogens (tertiary/aromatic N) is 2. The fourth-order valence-electron chi connectivity index (χ4n) is 9.16. The van der Waals surface area contributed by atoms with E-state index in [4.69, 9.17) is 9.97 Å². The first-order valence-corrected chi connectivity index (χ1v) is 18.9. The van der Waals surface area contributed by atoms with Crippen LogP contribution in [0.4, 0.5) is 0 Å². The summed E-state index contributed by atoms with van der Waals surface area (Å²) in [5.74, 6) is 0.706. The molecule has 0 atom stereocenters. The molecule has 0 unspecified atom stereocenters. The lowest BCUT2D eigenvalue weighted by Crippen LogP contribution is -2.25. The summed E-state index contributed by atoms with van der Waals surface area (Å²) in [6.07, 6.45) is 0. The van der Waals surface area contributed by atoms with Gasteiger partial charge in [-0.3, -0.25) is 0 Å². The van der Waals surface area contributed by atoms with Gasteiger partial charge in [0.1, 0.15) is 0 Å². The number of aromatic nitrogens is 2. The summed E-state index contributed by atoms with van der Waals surface area (Å²) in [5, 5.41) is 0. The van der Waals surface area contributed by atoms with Crippen molar-refractivity contribution in [1.82, 2.24) is 9.97 Å². The van der Waals surface area contributed by atoms with E-state index in [0.29, 0.717) is 5.82 Å². The third kappa shape index (κ3) is 4.82. The number of fused-ring (bicyclic) bond motifs is 10. The third-order valence-corrected chi connectivity index (χ3v) is 11.5. The van der Waals surface area contributed by atoms with Crippen LogP contribution in [0.3, 0.4) is 0 Å². The van der Waals surface area contributed by atoms with Crippen molar-refractivity contribution in [3.63, 3.8) is 0 Å². The highest BCUT2D eigenvalue weighted by atomic mass is 14.9. The highest BCUT2D eigenvalue weighted by Gasteiger charge is 2.51. The Morgan fingerprint density at radius 2 is 0.709 bits per heavy atom. The van der Waals surface area contributed by atoms with Crippen molar-refractivity contribution in [3.8, 4) is 78.4 Å². The smallest absolute Gasteiger partial charge is 0.160 e. The monoisotopic (exact) mass is 698 g/mol. The molecule has 0 aliphatic heterocycles. The van der Waals surface area contributed by atoms with Crippen LogP contribution in [0.1, 0.15) is 22.3 Å². The number of benzene rings is 8. The van der Waals surface area contributed by atoms with Crippen LogP contribution in [-0.2, 0) is 5.41 Å². The predicted octanol–water partition coefficient (Wildman–Crippen LogP) is 13.2. The van der Waals surface area contributed by atoms with E-state index in [9.17, 15) is 0 Å². The molecule has 1 aromatic heterocycles. The van der Waals surface area contributed by atoms with E-state index in [-0.39, 0.29) is 5.41 Å². The molecule has 0 amide bonds. The lowest BCUT2D eigenvalue weighted by atomic mass is 9.70. The van der Waals surface area contributed by atoms with Crippen LogP contribution in [0.2, 0.25) is 0 Å². The maximum atomic E-state index is 5.20. The van der Waals surface area contributed by atoms with E-state index in [0.717, 1.165) is 44.8 Å². The quantitative estimate of drug-likeness (QED) is 0.179. The highest BCUT2D eigenvalue weighted by molar-refractivity contribution is 5.96. The summed E-state index contributed by atoms with van der Waals surface area (Å²) in [6, 6.07) is 74.3. The van der Waals surface area contributed by atoms with Crippen LogP contribution in [0.15, 0.2) is 206 Å². The molecule has 0 saturated carbocycles. The van der Waals surface area contributed by atoms with Crippen molar-refractivity contribution in [3.05, 3.63) is 229 Å². The minimum absolute atomic E-state index is 0.346. The average molecular weight is 699 g/mol. The summed E-state index contributed by atoms with van der Waals surface area (Å²) in [5.41, 5.74) is 19.8. The zero-order chi connectivity index (χ0) is 36.3. The zero-order valence-corrected chi connectivity index (χ0v) is 30.0. The SMILES string of the molecule is c1ccc(-c2nc(-c3cccc(-c4ccc5c(c4)-c4ccccc4C54c5ccccc5-c5ccccc54)c3)cc(-c3ccccc3-c3ccccc3)n2)cc1. The Bertz CT molecular complexity index is 2880. The van der Waals surface area contributed by atoms with Gasteiger partial charge in [-0.2, -0.15) is 0 Å². The number of hydrogen-bond acceptors (Lipinski definition) is 2. The van der Waals surface area contributed by atoms with Gasteiger partial charge in [-0.05, 0) is 85.0 Å². The van der Waals surface area contributed by atoms with Crippen molar-refractivity contribution in [2.75, 3.05) is 0 Å². The molecule has 0 saturated heterocycles. The molecule has 11 rings (SSSR count). The summed E-state index contributed by atoms with van der Waals surface area (Å²) >= 11 is 0. The molecule has 9 aromatic rings. The van der Waals surface area contributed by atoms with E-state index >= 15 is 0 Å². The number of rotatable bonds is 5. The van der Waals surface area contributed by atoms with Crippen molar-refractivity contribution in [2.45, 2.75) is 5.41 Å². The first kappa shape index (κ1) is 31.4. The summed E-state index contributed by atoms with van der Waals surface area (Å²) in [6.45, 7) is 0. The second-order valence-corrected chi connectivity index (χ2v) is 14.5. The van der Waals surface area contributed by atoms with Crippen molar-refractivity contribution >= 4 is 0 Å². The fraction of sp³-hybridized carbons (Fsp3) is 0.0189. The van der Waals surface area contributed by atoms with E-state index in [1.165, 1.54) is 50.1 Å². The van der Waals surface area contributed by atoms with Crippen LogP contribution >= 0.6 is 0 Å². The van der Waals surface area contributed by atoms with Crippen LogP contribution in [0.25, 0.3) is 78.4 Å². The van der Waals surface area contributed by atoms with Gasteiger partial charge in [0.05, 0.1) is 16.8 Å². The van der Waals surface area contributed by atoms with Gasteiger partial charge < -0.3 is 0 Å². The zero-order valence-electron chi connectivity index (χ0n) is 30.0. The Morgan fingerprint density at radius 3 is 1.36 bits per heavy atom. The van der Waals surface area contributed by atoms with E-state index in [1.54, 1.807) is 0 Å². The third-order valence-electron chi connectivity index (χ3n) is 11.5. The molecule has 1 heterocycles. The Labute approximate surface area is 321 Å². The molecule has 8 aromatic carbocycles. The van der Waals surface area contributed by atoms with Gasteiger partial charge in [-0.25, -0.2) is 9.97 Å². The fourth-order valence-corrected chi connectivity index (χ4v) is 9.16. The second-order valence-electron chi connectivity index (χ2n) is 14.5. The van der Waals surface area contributed by atoms with Crippen LogP contribution in [0.5, 0.6) is 0 Å². The molecule has 2 nitrogen and oxygen atoms in total. The average Bonchev–Trinajstić information content (AvgIpc) is 3.74. The van der Waals surface area contributed by atoms with E-state index in [2.05, 4.69) is 188 Å². The molecule has 2 aliphatic rings. The summed E-state index contributed by atoms with van der Waals surface area (Å²) < 4.78 is 0. The Morgan fingerprint density at radius 1 is 0.255 bits per heavy atom. The van der Waals surface area contributed by atoms with Gasteiger partial charge in [-0.15, -0.1) is 0 Å². The molecule has 0 N–H and O–H groups in total. The Kier molecular flexibility index (Phi) is 7.11. The van der Waals surface area contributed by atoms with Gasteiger partial charge >= 0.3 is 0 Å². The van der Waals surface area contributed by atoms with E-state index in [1.807, 2.05) is 18.2 Å². The van der Waals surface area contributed by atoms with Gasteiger partial charge in [-0.1, -0.05) is 188 Å².